The lowest BCUT2D eigenvalue weighted by Gasteiger charge is -2.39. The van der Waals surface area contributed by atoms with Gasteiger partial charge in [0.15, 0.2) is 0 Å². The fourth-order valence-corrected chi connectivity index (χ4v) is 6.17. The van der Waals surface area contributed by atoms with Crippen molar-refractivity contribution >= 4 is 38.2 Å². The molecule has 4 N–H and O–H groups in total. The maximum Gasteiger partial charge on any atom is 0.235 e. The number of nitrogens with one attached hydrogen (secondary N) is 2. The van der Waals surface area contributed by atoms with Crippen molar-refractivity contribution < 1.29 is 13.2 Å². The third-order valence-electron chi connectivity index (χ3n) is 6.83. The summed E-state index contributed by atoms with van der Waals surface area (Å²) < 4.78 is 34.0. The maximum atomic E-state index is 13.2. The molecule has 0 spiro atoms. The summed E-state index contributed by atoms with van der Waals surface area (Å²) in [5, 5.41) is 17.4. The largest absolute Gasteiger partial charge is 0.487 e. The number of hydrogen-bond donors (Lipinski definition) is 3. The molecule has 1 fully saturated rings. The SMILES string of the molecule is CCS(=O)(=O)N1c2ccc(OC3CN(C(C)=N)C3)cc2CC1c1ccc2ccc(C(=N)N)cc2c1. The van der Waals surface area contributed by atoms with Gasteiger partial charge in [-0.25, -0.2) is 8.42 Å². The number of rotatable bonds is 6. The van der Waals surface area contributed by atoms with E-state index in [1.807, 2.05) is 59.5 Å². The second kappa shape index (κ2) is 8.57. The zero-order valence-corrected chi connectivity index (χ0v) is 20.6. The van der Waals surface area contributed by atoms with Gasteiger partial charge in [0.1, 0.15) is 17.7 Å². The molecule has 1 atom stereocenters. The number of anilines is 1. The Morgan fingerprint density at radius 3 is 2.49 bits per heavy atom. The number of amidine groups is 2. The van der Waals surface area contributed by atoms with E-state index in [9.17, 15) is 8.42 Å². The number of hydrogen-bond acceptors (Lipinski definition) is 5. The lowest BCUT2D eigenvalue weighted by Crippen LogP contribution is -2.55. The molecule has 5 rings (SSSR count). The summed E-state index contributed by atoms with van der Waals surface area (Å²) in [6, 6.07) is 16.8. The highest BCUT2D eigenvalue weighted by atomic mass is 32.2. The zero-order valence-electron chi connectivity index (χ0n) is 19.8. The lowest BCUT2D eigenvalue weighted by atomic mass is 9.98. The van der Waals surface area contributed by atoms with Crippen LogP contribution in [0.2, 0.25) is 0 Å². The van der Waals surface area contributed by atoms with Crippen molar-refractivity contribution in [1.82, 2.24) is 4.90 Å². The zero-order chi connectivity index (χ0) is 24.9. The highest BCUT2D eigenvalue weighted by Gasteiger charge is 2.38. The van der Waals surface area contributed by atoms with Crippen LogP contribution in [0.1, 0.15) is 36.6 Å². The molecule has 182 valence electrons. The van der Waals surface area contributed by atoms with Gasteiger partial charge in [-0.15, -0.1) is 0 Å². The van der Waals surface area contributed by atoms with Gasteiger partial charge in [0, 0.05) is 12.0 Å². The number of nitrogens with two attached hydrogens (primary N) is 1. The minimum absolute atomic E-state index is 0.00125. The number of nitrogen functional groups attached to an aromatic ring is 1. The van der Waals surface area contributed by atoms with Crippen LogP contribution >= 0.6 is 0 Å². The molecule has 2 aliphatic heterocycles. The van der Waals surface area contributed by atoms with E-state index in [1.165, 1.54) is 0 Å². The van der Waals surface area contributed by atoms with Crippen LogP contribution in [0.4, 0.5) is 5.69 Å². The molecule has 3 aromatic rings. The lowest BCUT2D eigenvalue weighted by molar-refractivity contribution is 0.0667. The van der Waals surface area contributed by atoms with Crippen LogP contribution in [0, 0.1) is 10.8 Å². The molecule has 1 saturated heterocycles. The van der Waals surface area contributed by atoms with Crippen LogP contribution in [-0.2, 0) is 16.4 Å². The Kier molecular flexibility index (Phi) is 5.67. The number of fused-ring (bicyclic) bond motifs is 2. The number of nitrogens with zero attached hydrogens (tertiary/aromatic N) is 2. The summed E-state index contributed by atoms with van der Waals surface area (Å²) in [5.41, 5.74) is 8.82. The van der Waals surface area contributed by atoms with Gasteiger partial charge in [0.25, 0.3) is 0 Å². The number of ether oxygens (including phenoxy) is 1. The fraction of sp³-hybridized carbons (Fsp3) is 0.308. The van der Waals surface area contributed by atoms with Gasteiger partial charge < -0.3 is 15.4 Å². The van der Waals surface area contributed by atoms with Gasteiger partial charge >= 0.3 is 0 Å². The molecule has 0 bridgehead atoms. The van der Waals surface area contributed by atoms with E-state index >= 15 is 0 Å². The smallest absolute Gasteiger partial charge is 0.235 e. The summed E-state index contributed by atoms with van der Waals surface area (Å²) in [6.45, 7) is 4.80. The summed E-state index contributed by atoms with van der Waals surface area (Å²) in [5.74, 6) is 1.26. The highest BCUT2D eigenvalue weighted by molar-refractivity contribution is 7.92. The molecule has 9 heteroatoms. The number of likely N-dealkylation sites (tertiary alicyclic amines) is 1. The van der Waals surface area contributed by atoms with Crippen molar-refractivity contribution in [3.8, 4) is 5.75 Å². The third-order valence-corrected chi connectivity index (χ3v) is 8.61. The summed E-state index contributed by atoms with van der Waals surface area (Å²) in [4.78, 5) is 1.95. The molecule has 2 heterocycles. The van der Waals surface area contributed by atoms with E-state index in [4.69, 9.17) is 21.3 Å². The van der Waals surface area contributed by atoms with Crippen molar-refractivity contribution in [2.24, 2.45) is 5.73 Å². The van der Waals surface area contributed by atoms with Gasteiger partial charge in [-0.05, 0) is 66.1 Å². The summed E-state index contributed by atoms with van der Waals surface area (Å²) >= 11 is 0. The molecule has 0 aromatic heterocycles. The third kappa shape index (κ3) is 4.20. The van der Waals surface area contributed by atoms with Crippen LogP contribution in [-0.4, -0.2) is 49.9 Å². The average Bonchev–Trinajstić information content (AvgIpc) is 3.19. The Morgan fingerprint density at radius 2 is 1.80 bits per heavy atom. The van der Waals surface area contributed by atoms with Crippen molar-refractivity contribution in [3.63, 3.8) is 0 Å². The van der Waals surface area contributed by atoms with E-state index in [0.29, 0.717) is 36.6 Å². The second-order valence-electron chi connectivity index (χ2n) is 9.17. The van der Waals surface area contributed by atoms with E-state index in [2.05, 4.69) is 0 Å². The first kappa shape index (κ1) is 23.2. The highest BCUT2D eigenvalue weighted by Crippen LogP contribution is 2.44. The average molecular weight is 492 g/mol. The quantitative estimate of drug-likeness (QED) is 0.359. The topological polar surface area (TPSA) is 124 Å². The molecule has 0 aliphatic carbocycles. The molecule has 2 aliphatic rings. The van der Waals surface area contributed by atoms with Crippen LogP contribution in [0.5, 0.6) is 5.75 Å². The van der Waals surface area contributed by atoms with E-state index in [0.717, 1.165) is 27.6 Å². The minimum Gasteiger partial charge on any atom is -0.487 e. The van der Waals surface area contributed by atoms with E-state index in [1.54, 1.807) is 18.2 Å². The van der Waals surface area contributed by atoms with Crippen LogP contribution in [0.15, 0.2) is 54.6 Å². The predicted octanol–water partition coefficient (Wildman–Crippen LogP) is 3.64. The first-order valence-electron chi connectivity index (χ1n) is 11.7. The van der Waals surface area contributed by atoms with Crippen LogP contribution in [0.3, 0.4) is 0 Å². The van der Waals surface area contributed by atoms with Gasteiger partial charge in [0.05, 0.1) is 36.4 Å². The van der Waals surface area contributed by atoms with Gasteiger partial charge in [-0.2, -0.15) is 0 Å². The molecule has 8 nitrogen and oxygen atoms in total. The predicted molar refractivity (Wildman–Crippen MR) is 139 cm³/mol. The van der Waals surface area contributed by atoms with Crippen molar-refractivity contribution in [3.05, 3.63) is 71.3 Å². The van der Waals surface area contributed by atoms with Crippen LogP contribution in [0.25, 0.3) is 10.8 Å². The summed E-state index contributed by atoms with van der Waals surface area (Å²) in [7, 11) is -3.52. The molecule has 1 unspecified atom stereocenters. The molecular formula is C26H29N5O3S. The Morgan fingerprint density at radius 1 is 1.06 bits per heavy atom. The molecule has 3 aromatic carbocycles. The number of sulfonamides is 1. The first-order chi connectivity index (χ1) is 16.7. The van der Waals surface area contributed by atoms with Gasteiger partial charge in [-0.3, -0.25) is 15.1 Å². The standard InChI is InChI=1S/C26H29N5O3S/c1-3-35(32,33)31-24-9-8-22(34-23-14-30(15-23)16(2)27)12-21(24)13-25(31)18-6-4-17-5-7-19(26(28)29)11-20(17)10-18/h4-12,23,25,27H,3,13-15H2,1-2H3,(H3,28,29). The normalized spacial score (nSPS) is 17.8. The van der Waals surface area contributed by atoms with E-state index in [-0.39, 0.29) is 23.7 Å². The molecule has 0 amide bonds. The Hall–Kier alpha value is -3.59. The van der Waals surface area contributed by atoms with Gasteiger partial charge in [0.2, 0.25) is 10.0 Å². The Balaban J connectivity index is 1.48. The Labute approximate surface area is 205 Å². The van der Waals surface area contributed by atoms with Crippen molar-refractivity contribution in [1.29, 1.82) is 10.8 Å². The van der Waals surface area contributed by atoms with Crippen molar-refractivity contribution in [2.45, 2.75) is 32.4 Å². The minimum atomic E-state index is -3.52. The Bertz CT molecular complexity index is 1450. The van der Waals surface area contributed by atoms with Crippen molar-refractivity contribution in [2.75, 3.05) is 23.1 Å². The van der Waals surface area contributed by atoms with E-state index < -0.39 is 10.0 Å². The monoisotopic (exact) mass is 491 g/mol. The fourth-order valence-electron chi connectivity index (χ4n) is 4.83. The van der Waals surface area contributed by atoms with Crippen LogP contribution < -0.4 is 14.8 Å². The summed E-state index contributed by atoms with van der Waals surface area (Å²) in [6.07, 6.45) is 0.567. The molecular weight excluding hydrogens is 462 g/mol. The molecule has 0 saturated carbocycles. The van der Waals surface area contributed by atoms with Gasteiger partial charge in [-0.1, -0.05) is 24.3 Å². The molecule has 0 radical (unpaired) electrons. The number of benzene rings is 3. The maximum absolute atomic E-state index is 13.2. The second-order valence-corrected chi connectivity index (χ2v) is 11.3. The first-order valence-corrected chi connectivity index (χ1v) is 13.3. The molecule has 35 heavy (non-hydrogen) atoms.